The fraction of sp³-hybridized carbons (Fsp3) is 0.474. The lowest BCUT2D eigenvalue weighted by molar-refractivity contribution is -0.134. The third kappa shape index (κ3) is 2.48. The number of para-hydroxylation sites is 1. The Balaban J connectivity index is 1.49. The van der Waals surface area contributed by atoms with Crippen LogP contribution in [0.1, 0.15) is 42.1 Å². The smallest absolute Gasteiger partial charge is 0.223 e. The first kappa shape index (κ1) is 15.2. The van der Waals surface area contributed by atoms with Gasteiger partial charge < -0.3 is 9.64 Å². The maximum atomic E-state index is 12.9. The van der Waals surface area contributed by atoms with Gasteiger partial charge in [-0.1, -0.05) is 18.2 Å². The predicted molar refractivity (Wildman–Crippen MR) is 90.8 cm³/mol. The van der Waals surface area contributed by atoms with Gasteiger partial charge in [-0.3, -0.25) is 9.48 Å². The summed E-state index contributed by atoms with van der Waals surface area (Å²) in [6, 6.07) is 8.48. The van der Waals surface area contributed by atoms with Crippen molar-refractivity contribution in [1.29, 1.82) is 0 Å². The van der Waals surface area contributed by atoms with Crippen LogP contribution in [0, 0.1) is 0 Å². The molecule has 4 rings (SSSR count). The molecule has 126 valence electrons. The van der Waals surface area contributed by atoms with E-state index in [1.807, 2.05) is 36.0 Å². The SMILES string of the molecule is COc1ccccc1CCC(=O)N1C2CCC1c1cn(C)nc1C2. The average Bonchev–Trinajstić information content (AvgIpc) is 3.13. The van der Waals surface area contributed by atoms with E-state index in [9.17, 15) is 4.79 Å². The van der Waals surface area contributed by atoms with Crippen molar-refractivity contribution in [3.63, 3.8) is 0 Å². The Kier molecular flexibility index (Phi) is 3.79. The molecule has 0 saturated carbocycles. The molecule has 2 aliphatic heterocycles. The fourth-order valence-corrected chi connectivity index (χ4v) is 4.26. The second kappa shape index (κ2) is 5.96. The Labute approximate surface area is 142 Å². The number of aromatic nitrogens is 2. The molecule has 3 heterocycles. The number of benzene rings is 1. The molecule has 2 bridgehead atoms. The minimum absolute atomic E-state index is 0.220. The number of methoxy groups -OCH3 is 1. The van der Waals surface area contributed by atoms with Gasteiger partial charge in [0.05, 0.1) is 18.8 Å². The second-order valence-corrected chi connectivity index (χ2v) is 6.77. The summed E-state index contributed by atoms with van der Waals surface area (Å²) in [4.78, 5) is 15.0. The average molecular weight is 325 g/mol. The molecule has 1 fully saturated rings. The Bertz CT molecular complexity index is 768. The molecule has 2 unspecified atom stereocenters. The number of hydrogen-bond acceptors (Lipinski definition) is 3. The Hall–Kier alpha value is -2.30. The standard InChI is InChI=1S/C19H23N3O2/c1-21-12-15-16(20-21)11-14-8-9-17(15)22(14)19(23)10-7-13-5-3-4-6-18(13)24-2/h3-6,12,14,17H,7-11H2,1-2H3. The molecule has 0 radical (unpaired) electrons. The highest BCUT2D eigenvalue weighted by Gasteiger charge is 2.43. The van der Waals surface area contributed by atoms with Crippen LogP contribution in [0.2, 0.25) is 0 Å². The number of aryl methyl sites for hydroxylation is 2. The third-order valence-electron chi connectivity index (χ3n) is 5.32. The maximum Gasteiger partial charge on any atom is 0.223 e. The van der Waals surface area contributed by atoms with Gasteiger partial charge in [-0.15, -0.1) is 0 Å². The van der Waals surface area contributed by atoms with Crippen molar-refractivity contribution in [2.24, 2.45) is 7.05 Å². The van der Waals surface area contributed by atoms with Crippen LogP contribution in [0.5, 0.6) is 5.75 Å². The number of ether oxygens (including phenoxy) is 1. The predicted octanol–water partition coefficient (Wildman–Crippen LogP) is 2.65. The summed E-state index contributed by atoms with van der Waals surface area (Å²) in [5, 5.41) is 4.56. The highest BCUT2D eigenvalue weighted by atomic mass is 16.5. The van der Waals surface area contributed by atoms with E-state index in [0.29, 0.717) is 12.5 Å². The monoisotopic (exact) mass is 325 g/mol. The number of fused-ring (bicyclic) bond motifs is 4. The van der Waals surface area contributed by atoms with Gasteiger partial charge in [0, 0.05) is 37.7 Å². The summed E-state index contributed by atoms with van der Waals surface area (Å²) in [6.07, 6.45) is 6.38. The molecule has 0 aliphatic carbocycles. The third-order valence-corrected chi connectivity index (χ3v) is 5.32. The first-order valence-corrected chi connectivity index (χ1v) is 8.63. The first-order chi connectivity index (χ1) is 11.7. The van der Waals surface area contributed by atoms with Crippen molar-refractivity contribution in [2.75, 3.05) is 7.11 Å². The fourth-order valence-electron chi connectivity index (χ4n) is 4.26. The van der Waals surface area contributed by atoms with Crippen molar-refractivity contribution in [3.05, 3.63) is 47.3 Å². The van der Waals surface area contributed by atoms with Crippen LogP contribution >= 0.6 is 0 Å². The molecule has 5 heteroatoms. The van der Waals surface area contributed by atoms with Crippen LogP contribution in [0.25, 0.3) is 0 Å². The second-order valence-electron chi connectivity index (χ2n) is 6.77. The van der Waals surface area contributed by atoms with Crippen LogP contribution in [-0.4, -0.2) is 33.7 Å². The van der Waals surface area contributed by atoms with Crippen LogP contribution in [0.4, 0.5) is 0 Å². The first-order valence-electron chi connectivity index (χ1n) is 8.63. The van der Waals surface area contributed by atoms with E-state index in [2.05, 4.69) is 16.2 Å². The molecular weight excluding hydrogens is 302 g/mol. The van der Waals surface area contributed by atoms with Crippen molar-refractivity contribution >= 4 is 5.91 Å². The van der Waals surface area contributed by atoms with Crippen LogP contribution < -0.4 is 4.74 Å². The molecule has 2 aliphatic rings. The van der Waals surface area contributed by atoms with E-state index in [4.69, 9.17) is 4.74 Å². The maximum absolute atomic E-state index is 12.9. The van der Waals surface area contributed by atoms with Gasteiger partial charge >= 0.3 is 0 Å². The number of hydrogen-bond donors (Lipinski definition) is 0. The van der Waals surface area contributed by atoms with E-state index >= 15 is 0 Å². The lowest BCUT2D eigenvalue weighted by atomic mass is 9.99. The van der Waals surface area contributed by atoms with Crippen molar-refractivity contribution < 1.29 is 9.53 Å². The van der Waals surface area contributed by atoms with Gasteiger partial charge in [0.1, 0.15) is 5.75 Å². The Morgan fingerprint density at radius 3 is 3.00 bits per heavy atom. The number of carbonyl (C=O) groups excluding carboxylic acids is 1. The van der Waals surface area contributed by atoms with Crippen molar-refractivity contribution in [3.8, 4) is 5.75 Å². The van der Waals surface area contributed by atoms with Crippen molar-refractivity contribution in [2.45, 2.75) is 44.2 Å². The number of amides is 1. The molecule has 1 saturated heterocycles. The molecular formula is C19H23N3O2. The summed E-state index contributed by atoms with van der Waals surface area (Å²) >= 11 is 0. The number of rotatable bonds is 4. The topological polar surface area (TPSA) is 47.4 Å². The highest BCUT2D eigenvalue weighted by Crippen LogP contribution is 2.43. The molecule has 0 N–H and O–H groups in total. The summed E-state index contributed by atoms with van der Waals surface area (Å²) in [7, 11) is 3.63. The van der Waals surface area contributed by atoms with Gasteiger partial charge in [0.25, 0.3) is 0 Å². The van der Waals surface area contributed by atoms with Crippen LogP contribution in [0.3, 0.4) is 0 Å². The zero-order chi connectivity index (χ0) is 16.7. The Morgan fingerprint density at radius 2 is 2.17 bits per heavy atom. The van der Waals surface area contributed by atoms with Gasteiger partial charge in [-0.2, -0.15) is 5.10 Å². The molecule has 24 heavy (non-hydrogen) atoms. The number of nitrogens with zero attached hydrogens (tertiary/aromatic N) is 3. The van der Waals surface area contributed by atoms with Crippen LogP contribution in [0.15, 0.2) is 30.5 Å². The summed E-state index contributed by atoms with van der Waals surface area (Å²) in [6.45, 7) is 0. The summed E-state index contributed by atoms with van der Waals surface area (Å²) < 4.78 is 7.27. The van der Waals surface area contributed by atoms with Gasteiger partial charge in [-0.05, 0) is 30.9 Å². The van der Waals surface area contributed by atoms with E-state index in [1.165, 1.54) is 11.3 Å². The minimum atomic E-state index is 0.220. The molecule has 1 aromatic heterocycles. The molecule has 5 nitrogen and oxygen atoms in total. The number of carbonyl (C=O) groups is 1. The lowest BCUT2D eigenvalue weighted by Crippen LogP contribution is -2.41. The minimum Gasteiger partial charge on any atom is -0.496 e. The molecule has 1 aromatic carbocycles. The van der Waals surface area contributed by atoms with E-state index in [0.717, 1.165) is 37.0 Å². The van der Waals surface area contributed by atoms with E-state index < -0.39 is 0 Å². The van der Waals surface area contributed by atoms with E-state index in [1.54, 1.807) is 7.11 Å². The largest absolute Gasteiger partial charge is 0.496 e. The highest BCUT2D eigenvalue weighted by molar-refractivity contribution is 5.78. The molecule has 0 spiro atoms. The van der Waals surface area contributed by atoms with Gasteiger partial charge in [-0.25, -0.2) is 0 Å². The van der Waals surface area contributed by atoms with Crippen molar-refractivity contribution in [1.82, 2.24) is 14.7 Å². The van der Waals surface area contributed by atoms with Crippen LogP contribution in [-0.2, 0) is 24.7 Å². The molecule has 1 amide bonds. The van der Waals surface area contributed by atoms with E-state index in [-0.39, 0.29) is 11.9 Å². The Morgan fingerprint density at radius 1 is 1.33 bits per heavy atom. The zero-order valence-corrected chi connectivity index (χ0v) is 14.2. The summed E-state index contributed by atoms with van der Waals surface area (Å²) in [5.74, 6) is 1.12. The zero-order valence-electron chi connectivity index (χ0n) is 14.2. The molecule has 2 aromatic rings. The molecule has 2 atom stereocenters. The summed E-state index contributed by atoms with van der Waals surface area (Å²) in [5.41, 5.74) is 3.52. The lowest BCUT2D eigenvalue weighted by Gasteiger charge is -2.34. The van der Waals surface area contributed by atoms with Gasteiger partial charge in [0.15, 0.2) is 0 Å². The van der Waals surface area contributed by atoms with Gasteiger partial charge in [0.2, 0.25) is 5.91 Å². The normalized spacial score (nSPS) is 21.7. The quantitative estimate of drug-likeness (QED) is 0.868.